The molecule has 0 N–H and O–H groups in total. The normalized spacial score (nSPS) is 27.1. The quantitative estimate of drug-likeness (QED) is 0.674. The van der Waals surface area contributed by atoms with Crippen LogP contribution in [-0.2, 0) is 11.8 Å². The Morgan fingerprint density at radius 1 is 1.71 bits per heavy atom. The maximum atomic E-state index is 8.83. The maximum Gasteiger partial charge on any atom is 0.0867 e. The summed E-state index contributed by atoms with van der Waals surface area (Å²) in [4.78, 5) is 0. The highest BCUT2D eigenvalue weighted by Crippen LogP contribution is 2.30. The first kappa shape index (κ1) is 9.22. The Labute approximate surface area is 83.1 Å². The maximum absolute atomic E-state index is 8.83. The zero-order chi connectivity index (χ0) is 9.97. The smallest absolute Gasteiger partial charge is 0.0867 e. The van der Waals surface area contributed by atoms with Gasteiger partial charge in [0.25, 0.3) is 0 Å². The molecule has 2 unspecified atom stereocenters. The molecule has 1 fully saturated rings. The van der Waals surface area contributed by atoms with E-state index in [0.29, 0.717) is 6.61 Å². The summed E-state index contributed by atoms with van der Waals surface area (Å²) in [6.45, 7) is 0.678. The summed E-state index contributed by atoms with van der Waals surface area (Å²) in [5.41, 5.74) is 1.08. The van der Waals surface area contributed by atoms with Gasteiger partial charge >= 0.3 is 0 Å². The van der Waals surface area contributed by atoms with Crippen LogP contribution in [0.2, 0.25) is 0 Å². The molecule has 2 atom stereocenters. The van der Waals surface area contributed by atoms with E-state index in [1.54, 1.807) is 4.68 Å². The van der Waals surface area contributed by atoms with Crippen molar-refractivity contribution in [2.24, 2.45) is 13.0 Å². The molecule has 1 aliphatic heterocycles. The van der Waals surface area contributed by atoms with E-state index in [2.05, 4.69) is 11.2 Å². The minimum Gasteiger partial charge on any atom is -0.373 e. The molecule has 14 heavy (non-hydrogen) atoms. The molecule has 1 aromatic heterocycles. The first-order valence-electron chi connectivity index (χ1n) is 4.79. The van der Waals surface area contributed by atoms with Crippen molar-refractivity contribution in [2.45, 2.75) is 18.9 Å². The van der Waals surface area contributed by atoms with Gasteiger partial charge in [-0.15, -0.1) is 0 Å². The van der Waals surface area contributed by atoms with Crippen molar-refractivity contribution >= 4 is 0 Å². The Morgan fingerprint density at radius 3 is 3.21 bits per heavy atom. The van der Waals surface area contributed by atoms with Gasteiger partial charge in [0.2, 0.25) is 0 Å². The monoisotopic (exact) mass is 191 g/mol. The Morgan fingerprint density at radius 2 is 2.57 bits per heavy atom. The zero-order valence-corrected chi connectivity index (χ0v) is 8.18. The summed E-state index contributed by atoms with van der Waals surface area (Å²) in [6, 6.07) is 2.30. The van der Waals surface area contributed by atoms with Gasteiger partial charge in [0.05, 0.1) is 24.3 Å². The van der Waals surface area contributed by atoms with Gasteiger partial charge in [-0.3, -0.25) is 4.68 Å². The van der Waals surface area contributed by atoms with Crippen molar-refractivity contribution in [1.29, 1.82) is 5.26 Å². The summed E-state index contributed by atoms with van der Waals surface area (Å²) in [7, 11) is 1.88. The third kappa shape index (κ3) is 1.78. The van der Waals surface area contributed by atoms with Gasteiger partial charge in [-0.25, -0.2) is 0 Å². The molecule has 1 aromatic rings. The van der Waals surface area contributed by atoms with Crippen LogP contribution < -0.4 is 0 Å². The van der Waals surface area contributed by atoms with Gasteiger partial charge in [0.1, 0.15) is 0 Å². The molecule has 0 aromatic carbocycles. The van der Waals surface area contributed by atoms with E-state index in [0.717, 1.165) is 18.4 Å². The van der Waals surface area contributed by atoms with Gasteiger partial charge in [-0.1, -0.05) is 0 Å². The number of rotatable bonds is 1. The molecule has 2 rings (SSSR count). The fourth-order valence-electron chi connectivity index (χ4n) is 1.75. The van der Waals surface area contributed by atoms with Crippen LogP contribution in [0.5, 0.6) is 0 Å². The third-order valence-electron chi connectivity index (χ3n) is 2.56. The molecule has 0 amide bonds. The average Bonchev–Trinajstić information content (AvgIpc) is 2.65. The van der Waals surface area contributed by atoms with Crippen molar-refractivity contribution in [3.63, 3.8) is 0 Å². The van der Waals surface area contributed by atoms with Gasteiger partial charge in [0, 0.05) is 25.4 Å². The van der Waals surface area contributed by atoms with Crippen LogP contribution >= 0.6 is 0 Å². The highest BCUT2D eigenvalue weighted by molar-refractivity contribution is 5.10. The molecule has 2 heterocycles. The number of ether oxygens (including phenoxy) is 1. The fraction of sp³-hybridized carbons (Fsp3) is 0.600. The van der Waals surface area contributed by atoms with Crippen LogP contribution in [0.4, 0.5) is 0 Å². The lowest BCUT2D eigenvalue weighted by Crippen LogP contribution is -2.18. The largest absolute Gasteiger partial charge is 0.373 e. The fourth-order valence-corrected chi connectivity index (χ4v) is 1.75. The van der Waals surface area contributed by atoms with Gasteiger partial charge in [-0.2, -0.15) is 10.4 Å². The van der Waals surface area contributed by atoms with Crippen LogP contribution in [0.3, 0.4) is 0 Å². The standard InChI is InChI=1S/C10H13N3O/c1-13-7-9(6-12-13)10-4-8(5-11)2-3-14-10/h6-8,10H,2-4H2,1H3. The van der Waals surface area contributed by atoms with Crippen LogP contribution in [0.25, 0.3) is 0 Å². The van der Waals surface area contributed by atoms with E-state index in [9.17, 15) is 0 Å². The molecule has 4 nitrogen and oxygen atoms in total. The predicted molar refractivity (Wildman–Crippen MR) is 50.2 cm³/mol. The molecule has 0 saturated carbocycles. The van der Waals surface area contributed by atoms with Crippen LogP contribution in [0.1, 0.15) is 24.5 Å². The van der Waals surface area contributed by atoms with E-state index in [1.807, 2.05) is 19.4 Å². The molecule has 74 valence electrons. The van der Waals surface area contributed by atoms with Crippen LogP contribution in [0.15, 0.2) is 12.4 Å². The molecule has 4 heteroatoms. The lowest BCUT2D eigenvalue weighted by molar-refractivity contribution is 0.000671. The summed E-state index contributed by atoms with van der Waals surface area (Å²) in [6.07, 6.45) is 5.46. The highest BCUT2D eigenvalue weighted by Gasteiger charge is 2.24. The van der Waals surface area contributed by atoms with Gasteiger partial charge in [-0.05, 0) is 12.8 Å². The van der Waals surface area contributed by atoms with Crippen molar-refractivity contribution in [2.75, 3.05) is 6.61 Å². The molecule has 0 aliphatic carbocycles. The van der Waals surface area contributed by atoms with E-state index < -0.39 is 0 Å². The summed E-state index contributed by atoms with van der Waals surface area (Å²) >= 11 is 0. The van der Waals surface area contributed by atoms with Crippen molar-refractivity contribution < 1.29 is 4.74 Å². The predicted octanol–water partition coefficient (Wildman–Crippen LogP) is 1.41. The second-order valence-electron chi connectivity index (χ2n) is 3.66. The first-order chi connectivity index (χ1) is 6.79. The minimum absolute atomic E-state index is 0.0575. The Kier molecular flexibility index (Phi) is 2.51. The van der Waals surface area contributed by atoms with E-state index in [-0.39, 0.29) is 12.0 Å². The summed E-state index contributed by atoms with van der Waals surface area (Å²) in [5.74, 6) is 0.133. The number of aromatic nitrogens is 2. The van der Waals surface area contributed by atoms with Crippen molar-refractivity contribution in [1.82, 2.24) is 9.78 Å². The number of aryl methyl sites for hydroxylation is 1. The molecular formula is C10H13N3O. The Hall–Kier alpha value is -1.34. The minimum atomic E-state index is 0.0575. The molecule has 0 bridgehead atoms. The topological polar surface area (TPSA) is 50.8 Å². The van der Waals surface area contributed by atoms with Gasteiger partial charge in [0.15, 0.2) is 0 Å². The molecule has 1 aliphatic rings. The van der Waals surface area contributed by atoms with Crippen molar-refractivity contribution in [3.05, 3.63) is 18.0 Å². The second kappa shape index (κ2) is 3.81. The second-order valence-corrected chi connectivity index (χ2v) is 3.66. The SMILES string of the molecule is Cn1cc(C2CC(C#N)CCO2)cn1. The Balaban J connectivity index is 2.08. The average molecular weight is 191 g/mol. The number of nitrogens with zero attached hydrogens (tertiary/aromatic N) is 3. The van der Waals surface area contributed by atoms with E-state index >= 15 is 0 Å². The van der Waals surface area contributed by atoms with Crippen molar-refractivity contribution in [3.8, 4) is 6.07 Å². The van der Waals surface area contributed by atoms with Crippen LogP contribution in [-0.4, -0.2) is 16.4 Å². The summed E-state index contributed by atoms with van der Waals surface area (Å²) < 4.78 is 7.36. The number of hydrogen-bond acceptors (Lipinski definition) is 3. The lowest BCUT2D eigenvalue weighted by Gasteiger charge is -2.24. The number of hydrogen-bond donors (Lipinski definition) is 0. The lowest BCUT2D eigenvalue weighted by atomic mass is 9.94. The first-order valence-corrected chi connectivity index (χ1v) is 4.79. The molecule has 0 spiro atoms. The van der Waals surface area contributed by atoms with E-state index in [1.165, 1.54) is 0 Å². The summed E-state index contributed by atoms with van der Waals surface area (Å²) in [5, 5.41) is 12.9. The molecule has 0 radical (unpaired) electrons. The highest BCUT2D eigenvalue weighted by atomic mass is 16.5. The van der Waals surface area contributed by atoms with Gasteiger partial charge < -0.3 is 4.74 Å². The zero-order valence-electron chi connectivity index (χ0n) is 8.18. The Bertz CT molecular complexity index is 352. The van der Waals surface area contributed by atoms with Crippen LogP contribution in [0, 0.1) is 17.2 Å². The van der Waals surface area contributed by atoms with E-state index in [4.69, 9.17) is 10.00 Å². The molecular weight excluding hydrogens is 178 g/mol. The molecule has 1 saturated heterocycles. The number of nitriles is 1. The third-order valence-corrected chi connectivity index (χ3v) is 2.56.